The second-order valence-corrected chi connectivity index (χ2v) is 6.76. The fourth-order valence-corrected chi connectivity index (χ4v) is 3.10. The van der Waals surface area contributed by atoms with Crippen molar-refractivity contribution in [3.8, 4) is 17.2 Å². The standard InChI is InChI=1S/C22H26N2O5/c1-16(25)24(10-8-17-4-3-5-19(14-17)27-2)11-9-22(26)23-18-6-7-20-21(15-18)29-13-12-28-20/h3-7,14-15H,8-13H2,1-2H3,(H,23,26). The first-order valence-corrected chi connectivity index (χ1v) is 9.63. The first kappa shape index (κ1) is 20.5. The number of hydrogen-bond acceptors (Lipinski definition) is 5. The summed E-state index contributed by atoms with van der Waals surface area (Å²) in [5, 5.41) is 2.85. The number of rotatable bonds is 8. The zero-order valence-corrected chi connectivity index (χ0v) is 16.8. The summed E-state index contributed by atoms with van der Waals surface area (Å²) in [5.41, 5.74) is 1.72. The number of carbonyl (C=O) groups excluding carboxylic acids is 2. The Morgan fingerprint density at radius 1 is 1.07 bits per heavy atom. The lowest BCUT2D eigenvalue weighted by Crippen LogP contribution is -2.33. The summed E-state index contributed by atoms with van der Waals surface area (Å²) in [7, 11) is 1.63. The van der Waals surface area contributed by atoms with Gasteiger partial charge in [0.15, 0.2) is 11.5 Å². The largest absolute Gasteiger partial charge is 0.497 e. The van der Waals surface area contributed by atoms with E-state index in [0.717, 1.165) is 11.3 Å². The van der Waals surface area contributed by atoms with Gasteiger partial charge in [0.1, 0.15) is 19.0 Å². The van der Waals surface area contributed by atoms with Gasteiger partial charge in [-0.05, 0) is 36.2 Å². The highest BCUT2D eigenvalue weighted by Gasteiger charge is 2.14. The SMILES string of the molecule is COc1cccc(CCN(CCC(=O)Nc2ccc3c(c2)OCCO3)C(C)=O)c1. The number of fused-ring (bicyclic) bond motifs is 1. The summed E-state index contributed by atoms with van der Waals surface area (Å²) in [6, 6.07) is 13.1. The molecule has 154 valence electrons. The van der Waals surface area contributed by atoms with Crippen molar-refractivity contribution in [2.24, 2.45) is 0 Å². The van der Waals surface area contributed by atoms with Crippen LogP contribution in [0.4, 0.5) is 5.69 Å². The zero-order valence-electron chi connectivity index (χ0n) is 16.8. The Balaban J connectivity index is 1.50. The molecule has 29 heavy (non-hydrogen) atoms. The van der Waals surface area contributed by atoms with Crippen LogP contribution >= 0.6 is 0 Å². The quantitative estimate of drug-likeness (QED) is 0.740. The Hall–Kier alpha value is -3.22. The van der Waals surface area contributed by atoms with E-state index in [9.17, 15) is 9.59 Å². The number of nitrogens with zero attached hydrogens (tertiary/aromatic N) is 1. The number of methoxy groups -OCH3 is 1. The molecule has 1 heterocycles. The van der Waals surface area contributed by atoms with E-state index in [2.05, 4.69) is 5.32 Å². The summed E-state index contributed by atoms with van der Waals surface area (Å²) in [6.07, 6.45) is 0.909. The minimum atomic E-state index is -0.158. The molecule has 7 heteroatoms. The van der Waals surface area contributed by atoms with Crippen LogP contribution in [-0.4, -0.2) is 50.1 Å². The fourth-order valence-electron chi connectivity index (χ4n) is 3.10. The van der Waals surface area contributed by atoms with Gasteiger partial charge in [-0.1, -0.05) is 12.1 Å². The molecule has 0 aromatic heterocycles. The lowest BCUT2D eigenvalue weighted by Gasteiger charge is -2.21. The van der Waals surface area contributed by atoms with Gasteiger partial charge in [-0.25, -0.2) is 0 Å². The maximum Gasteiger partial charge on any atom is 0.226 e. The third-order valence-electron chi connectivity index (χ3n) is 4.68. The first-order chi connectivity index (χ1) is 14.0. The maximum absolute atomic E-state index is 12.3. The lowest BCUT2D eigenvalue weighted by atomic mass is 10.1. The van der Waals surface area contributed by atoms with Crippen LogP contribution < -0.4 is 19.5 Å². The first-order valence-electron chi connectivity index (χ1n) is 9.63. The molecular weight excluding hydrogens is 372 g/mol. The molecule has 7 nitrogen and oxygen atoms in total. The number of hydrogen-bond donors (Lipinski definition) is 1. The van der Waals surface area contributed by atoms with Crippen molar-refractivity contribution in [3.63, 3.8) is 0 Å². The molecule has 0 spiro atoms. The van der Waals surface area contributed by atoms with Crippen molar-refractivity contribution in [2.75, 3.05) is 38.7 Å². The molecule has 0 saturated carbocycles. The van der Waals surface area contributed by atoms with E-state index in [1.165, 1.54) is 6.92 Å². The minimum Gasteiger partial charge on any atom is -0.497 e. The summed E-state index contributed by atoms with van der Waals surface area (Å²) in [5.74, 6) is 1.87. The molecule has 0 atom stereocenters. The number of ether oxygens (including phenoxy) is 3. The van der Waals surface area contributed by atoms with Crippen LogP contribution in [0, 0.1) is 0 Å². The molecule has 2 aromatic carbocycles. The Bertz CT molecular complexity index is 868. The van der Waals surface area contributed by atoms with E-state index in [1.54, 1.807) is 30.2 Å². The number of anilines is 1. The molecular formula is C22H26N2O5. The van der Waals surface area contributed by atoms with Gasteiger partial charge < -0.3 is 24.4 Å². The molecule has 0 unspecified atom stereocenters. The van der Waals surface area contributed by atoms with E-state index < -0.39 is 0 Å². The second kappa shape index (κ2) is 9.82. The third-order valence-corrected chi connectivity index (χ3v) is 4.68. The van der Waals surface area contributed by atoms with Crippen molar-refractivity contribution in [1.82, 2.24) is 4.90 Å². The summed E-state index contributed by atoms with van der Waals surface area (Å²) in [4.78, 5) is 26.0. The average molecular weight is 398 g/mol. The van der Waals surface area contributed by atoms with Gasteiger partial charge in [-0.15, -0.1) is 0 Å². The normalized spacial score (nSPS) is 12.2. The van der Waals surface area contributed by atoms with Crippen LogP contribution in [0.2, 0.25) is 0 Å². The highest BCUT2D eigenvalue weighted by molar-refractivity contribution is 5.91. The Labute approximate surface area is 170 Å². The fraction of sp³-hybridized carbons (Fsp3) is 0.364. The second-order valence-electron chi connectivity index (χ2n) is 6.76. The van der Waals surface area contributed by atoms with Gasteiger partial charge >= 0.3 is 0 Å². The van der Waals surface area contributed by atoms with Gasteiger partial charge in [0.2, 0.25) is 11.8 Å². The minimum absolute atomic E-state index is 0.0555. The van der Waals surface area contributed by atoms with Crippen LogP contribution in [0.25, 0.3) is 0 Å². The predicted octanol–water partition coefficient (Wildman–Crippen LogP) is 2.89. The molecule has 0 radical (unpaired) electrons. The highest BCUT2D eigenvalue weighted by atomic mass is 16.6. The average Bonchev–Trinajstić information content (AvgIpc) is 2.73. The topological polar surface area (TPSA) is 77.1 Å². The third kappa shape index (κ3) is 5.88. The highest BCUT2D eigenvalue weighted by Crippen LogP contribution is 2.32. The number of nitrogens with one attached hydrogen (secondary N) is 1. The number of benzene rings is 2. The monoisotopic (exact) mass is 398 g/mol. The van der Waals surface area contributed by atoms with E-state index >= 15 is 0 Å². The van der Waals surface area contributed by atoms with Crippen LogP contribution in [-0.2, 0) is 16.0 Å². The van der Waals surface area contributed by atoms with Gasteiger partial charge in [0.05, 0.1) is 7.11 Å². The van der Waals surface area contributed by atoms with Gasteiger partial charge in [0.25, 0.3) is 0 Å². The van der Waals surface area contributed by atoms with E-state index in [0.29, 0.717) is 49.9 Å². The number of amides is 2. The van der Waals surface area contributed by atoms with Crippen LogP contribution in [0.15, 0.2) is 42.5 Å². The zero-order chi connectivity index (χ0) is 20.6. The van der Waals surface area contributed by atoms with Gasteiger partial charge in [0, 0.05) is 38.2 Å². The molecule has 0 bridgehead atoms. The predicted molar refractivity (Wildman–Crippen MR) is 110 cm³/mol. The van der Waals surface area contributed by atoms with Crippen molar-refractivity contribution < 1.29 is 23.8 Å². The molecule has 0 fully saturated rings. The van der Waals surface area contributed by atoms with Crippen molar-refractivity contribution in [2.45, 2.75) is 19.8 Å². The van der Waals surface area contributed by atoms with Crippen molar-refractivity contribution in [3.05, 3.63) is 48.0 Å². The summed E-state index contributed by atoms with van der Waals surface area (Å²) in [6.45, 7) is 3.43. The molecule has 1 N–H and O–H groups in total. The summed E-state index contributed by atoms with van der Waals surface area (Å²) < 4.78 is 16.2. The molecule has 3 rings (SSSR count). The Morgan fingerprint density at radius 3 is 2.62 bits per heavy atom. The van der Waals surface area contributed by atoms with E-state index in [4.69, 9.17) is 14.2 Å². The lowest BCUT2D eigenvalue weighted by molar-refractivity contribution is -0.129. The van der Waals surface area contributed by atoms with Gasteiger partial charge in [-0.3, -0.25) is 9.59 Å². The number of carbonyl (C=O) groups is 2. The van der Waals surface area contributed by atoms with Crippen LogP contribution in [0.5, 0.6) is 17.2 Å². The summed E-state index contributed by atoms with van der Waals surface area (Å²) >= 11 is 0. The molecule has 1 aliphatic heterocycles. The Morgan fingerprint density at radius 2 is 1.86 bits per heavy atom. The molecule has 0 saturated heterocycles. The maximum atomic E-state index is 12.3. The van der Waals surface area contributed by atoms with Crippen LogP contribution in [0.3, 0.4) is 0 Å². The van der Waals surface area contributed by atoms with Crippen molar-refractivity contribution in [1.29, 1.82) is 0 Å². The molecule has 1 aliphatic rings. The van der Waals surface area contributed by atoms with E-state index in [-0.39, 0.29) is 18.2 Å². The smallest absolute Gasteiger partial charge is 0.226 e. The molecule has 2 amide bonds. The van der Waals surface area contributed by atoms with Crippen molar-refractivity contribution >= 4 is 17.5 Å². The van der Waals surface area contributed by atoms with E-state index in [1.807, 2.05) is 24.3 Å². The van der Waals surface area contributed by atoms with Gasteiger partial charge in [-0.2, -0.15) is 0 Å². The molecule has 0 aliphatic carbocycles. The Kier molecular flexibility index (Phi) is 6.94. The molecule has 2 aromatic rings. The van der Waals surface area contributed by atoms with Crippen LogP contribution in [0.1, 0.15) is 18.9 Å².